The summed E-state index contributed by atoms with van der Waals surface area (Å²) in [6.45, 7) is 1.79. The fraction of sp³-hybridized carbons (Fsp3) is 0.200. The van der Waals surface area contributed by atoms with Crippen molar-refractivity contribution in [2.24, 2.45) is 0 Å². The lowest BCUT2D eigenvalue weighted by Crippen LogP contribution is -1.84. The van der Waals surface area contributed by atoms with Crippen LogP contribution < -0.4 is 0 Å². The quantitative estimate of drug-likeness (QED) is 0.739. The van der Waals surface area contributed by atoms with Crippen molar-refractivity contribution in [3.63, 3.8) is 0 Å². The molecule has 0 atom stereocenters. The number of hydrogen-bond acceptors (Lipinski definition) is 3. The molecule has 2 aromatic rings. The largest absolute Gasteiger partial charge is 0.437 e. The lowest BCUT2D eigenvalue weighted by Gasteiger charge is -1.95. The van der Waals surface area contributed by atoms with E-state index in [1.165, 1.54) is 6.07 Å². The number of rotatable bonds is 2. The van der Waals surface area contributed by atoms with Crippen molar-refractivity contribution in [1.29, 1.82) is 0 Å². The minimum absolute atomic E-state index is 0.210. The maximum absolute atomic E-state index is 12.6. The molecule has 2 rings (SSSR count). The van der Waals surface area contributed by atoms with Crippen molar-refractivity contribution < 1.29 is 8.81 Å². The maximum atomic E-state index is 12.6. The van der Waals surface area contributed by atoms with Crippen molar-refractivity contribution >= 4 is 11.6 Å². The summed E-state index contributed by atoms with van der Waals surface area (Å²) < 4.78 is 18.0. The van der Waals surface area contributed by atoms with Gasteiger partial charge in [-0.25, -0.2) is 14.4 Å². The van der Waals surface area contributed by atoms with E-state index >= 15 is 0 Å². The summed E-state index contributed by atoms with van der Waals surface area (Å²) in [7, 11) is 0. The normalized spacial score (nSPS) is 10.6. The highest BCUT2D eigenvalue weighted by atomic mass is 35.5. The molecule has 0 aromatic carbocycles. The topological polar surface area (TPSA) is 38.9 Å². The number of aryl methyl sites for hydroxylation is 1. The Morgan fingerprint density at radius 2 is 2.27 bits per heavy atom. The fourth-order valence-electron chi connectivity index (χ4n) is 1.26. The van der Waals surface area contributed by atoms with Gasteiger partial charge in [0, 0.05) is 0 Å². The summed E-state index contributed by atoms with van der Waals surface area (Å²) in [6.07, 6.45) is 1.14. The van der Waals surface area contributed by atoms with Gasteiger partial charge < -0.3 is 4.42 Å². The molecule has 78 valence electrons. The van der Waals surface area contributed by atoms with E-state index in [1.807, 2.05) is 0 Å². The summed E-state index contributed by atoms with van der Waals surface area (Å²) >= 11 is 5.59. The Hall–Kier alpha value is -1.42. The second-order valence-corrected chi connectivity index (χ2v) is 3.28. The predicted molar refractivity (Wildman–Crippen MR) is 54.0 cm³/mol. The summed E-state index contributed by atoms with van der Waals surface area (Å²) in [5.74, 6) is 0.802. The van der Waals surface area contributed by atoms with Crippen LogP contribution in [0.4, 0.5) is 4.39 Å². The second kappa shape index (κ2) is 3.98. The molecule has 3 nitrogen and oxygen atoms in total. The first kappa shape index (κ1) is 10.1. The molecule has 0 N–H and O–H groups in total. The summed E-state index contributed by atoms with van der Waals surface area (Å²) in [4.78, 5) is 8.00. The number of nitrogens with zero attached hydrogens (tertiary/aromatic N) is 2. The lowest BCUT2D eigenvalue weighted by atomic mass is 10.2. The average molecular weight is 227 g/mol. The Kier molecular flexibility index (Phi) is 2.68. The second-order valence-electron chi connectivity index (χ2n) is 3.02. The van der Waals surface area contributed by atoms with Gasteiger partial charge in [0.25, 0.3) is 0 Å². The molecular formula is C10H8ClFN2O. The van der Waals surface area contributed by atoms with E-state index in [4.69, 9.17) is 16.0 Å². The molecule has 0 bridgehead atoms. The molecule has 15 heavy (non-hydrogen) atoms. The molecule has 0 saturated carbocycles. The van der Waals surface area contributed by atoms with E-state index in [-0.39, 0.29) is 11.7 Å². The molecule has 2 heterocycles. The van der Waals surface area contributed by atoms with Crippen molar-refractivity contribution in [2.75, 3.05) is 0 Å². The number of pyridine rings is 1. The molecule has 0 saturated heterocycles. The molecule has 0 amide bonds. The van der Waals surface area contributed by atoms with Gasteiger partial charge in [0.15, 0.2) is 5.76 Å². The first-order chi connectivity index (χ1) is 7.20. The molecule has 0 aliphatic carbocycles. The number of halogens is 2. The molecule has 0 fully saturated rings. The minimum atomic E-state index is -0.381. The molecule has 2 aromatic heterocycles. The van der Waals surface area contributed by atoms with Gasteiger partial charge in [-0.05, 0) is 19.1 Å². The summed E-state index contributed by atoms with van der Waals surface area (Å²) in [5.41, 5.74) is 1.25. The lowest BCUT2D eigenvalue weighted by molar-refractivity contribution is 0.526. The van der Waals surface area contributed by atoms with Crippen LogP contribution in [0.1, 0.15) is 11.6 Å². The summed E-state index contributed by atoms with van der Waals surface area (Å²) in [5, 5.41) is 0. The first-order valence-electron chi connectivity index (χ1n) is 4.35. The molecular weight excluding hydrogens is 219 g/mol. The monoisotopic (exact) mass is 226 g/mol. The minimum Gasteiger partial charge on any atom is -0.437 e. The third kappa shape index (κ3) is 1.99. The van der Waals surface area contributed by atoms with Crippen LogP contribution in [0.15, 0.2) is 22.7 Å². The highest BCUT2D eigenvalue weighted by Gasteiger charge is 2.11. The van der Waals surface area contributed by atoms with Gasteiger partial charge in [0.2, 0.25) is 5.89 Å². The standard InChI is InChI=1S/C10H8ClFN2O/c1-6-10(15-9(4-11)14-6)8-3-2-7(12)5-13-8/h2-3,5H,4H2,1H3. The summed E-state index contributed by atoms with van der Waals surface area (Å²) in [6, 6.07) is 2.87. The van der Waals surface area contributed by atoms with Crippen LogP contribution in [0.3, 0.4) is 0 Å². The Morgan fingerprint density at radius 3 is 2.80 bits per heavy atom. The van der Waals surface area contributed by atoms with E-state index in [9.17, 15) is 4.39 Å². The SMILES string of the molecule is Cc1nc(CCl)oc1-c1ccc(F)cn1. The number of oxazole rings is 1. The van der Waals surface area contributed by atoms with E-state index in [0.717, 1.165) is 6.20 Å². The molecule has 0 spiro atoms. The van der Waals surface area contributed by atoms with Gasteiger partial charge in [-0.2, -0.15) is 0 Å². The third-order valence-corrected chi connectivity index (χ3v) is 2.14. The Morgan fingerprint density at radius 1 is 1.47 bits per heavy atom. The predicted octanol–water partition coefficient (Wildman–Crippen LogP) is 2.92. The van der Waals surface area contributed by atoms with Crippen molar-refractivity contribution in [3.05, 3.63) is 35.7 Å². The fourth-order valence-corrected chi connectivity index (χ4v) is 1.37. The third-order valence-electron chi connectivity index (χ3n) is 1.92. The van der Waals surface area contributed by atoms with Crippen LogP contribution in [0.5, 0.6) is 0 Å². The molecule has 0 aliphatic heterocycles. The van der Waals surface area contributed by atoms with Crippen LogP contribution in [-0.2, 0) is 5.88 Å². The highest BCUT2D eigenvalue weighted by molar-refractivity contribution is 6.16. The zero-order valence-electron chi connectivity index (χ0n) is 8.00. The number of aromatic nitrogens is 2. The van der Waals surface area contributed by atoms with Crippen LogP contribution in [-0.4, -0.2) is 9.97 Å². The van der Waals surface area contributed by atoms with Gasteiger partial charge in [-0.15, -0.1) is 11.6 Å². The maximum Gasteiger partial charge on any atom is 0.210 e. The Bertz CT molecular complexity index is 467. The van der Waals surface area contributed by atoms with Crippen molar-refractivity contribution in [3.8, 4) is 11.5 Å². The Labute approximate surface area is 90.9 Å². The zero-order valence-corrected chi connectivity index (χ0v) is 8.75. The van der Waals surface area contributed by atoms with Crippen molar-refractivity contribution in [1.82, 2.24) is 9.97 Å². The molecule has 5 heteroatoms. The Balaban J connectivity index is 2.44. The van der Waals surface area contributed by atoms with E-state index in [1.54, 1.807) is 13.0 Å². The zero-order chi connectivity index (χ0) is 10.8. The van der Waals surface area contributed by atoms with Crippen LogP contribution in [0.25, 0.3) is 11.5 Å². The van der Waals surface area contributed by atoms with Gasteiger partial charge in [-0.3, -0.25) is 0 Å². The highest BCUT2D eigenvalue weighted by Crippen LogP contribution is 2.23. The molecule has 0 aliphatic rings. The van der Waals surface area contributed by atoms with Crippen LogP contribution in [0, 0.1) is 12.7 Å². The first-order valence-corrected chi connectivity index (χ1v) is 4.88. The number of alkyl halides is 1. The number of hydrogen-bond donors (Lipinski definition) is 0. The van der Waals surface area contributed by atoms with Crippen LogP contribution >= 0.6 is 11.6 Å². The van der Waals surface area contributed by atoms with Gasteiger partial charge in [0.05, 0.1) is 17.8 Å². The van der Waals surface area contributed by atoms with Gasteiger partial charge in [-0.1, -0.05) is 0 Å². The van der Waals surface area contributed by atoms with Crippen molar-refractivity contribution in [2.45, 2.75) is 12.8 Å². The average Bonchev–Trinajstić information content (AvgIpc) is 2.61. The molecule has 0 radical (unpaired) electrons. The van der Waals surface area contributed by atoms with Gasteiger partial charge >= 0.3 is 0 Å². The van der Waals surface area contributed by atoms with E-state index < -0.39 is 0 Å². The van der Waals surface area contributed by atoms with Gasteiger partial charge in [0.1, 0.15) is 11.5 Å². The molecule has 0 unspecified atom stereocenters. The smallest absolute Gasteiger partial charge is 0.210 e. The van der Waals surface area contributed by atoms with E-state index in [0.29, 0.717) is 23.0 Å². The van der Waals surface area contributed by atoms with Crippen LogP contribution in [0.2, 0.25) is 0 Å². The van der Waals surface area contributed by atoms with E-state index in [2.05, 4.69) is 9.97 Å².